The maximum Gasteiger partial charge on any atom is 0.0541 e. The van der Waals surface area contributed by atoms with E-state index in [4.69, 9.17) is 0 Å². The second-order valence-electron chi connectivity index (χ2n) is 2.33. The van der Waals surface area contributed by atoms with Crippen LogP contribution in [0, 0.1) is 0 Å². The monoisotopic (exact) mass is 116 g/mol. The molecule has 0 radical (unpaired) electrons. The smallest absolute Gasteiger partial charge is 0.0541 e. The highest BCUT2D eigenvalue weighted by molar-refractivity contribution is 4.57. The SMILES string of the molecule is CNC(C)NC(C)C. The van der Waals surface area contributed by atoms with Crippen molar-refractivity contribution in [3.8, 4) is 0 Å². The molecule has 0 aliphatic rings. The van der Waals surface area contributed by atoms with Crippen molar-refractivity contribution in [1.82, 2.24) is 10.6 Å². The Labute approximate surface area is 51.7 Å². The molecule has 2 heteroatoms. The van der Waals surface area contributed by atoms with E-state index in [-0.39, 0.29) is 0 Å². The first-order valence-electron chi connectivity index (χ1n) is 3.10. The zero-order valence-corrected chi connectivity index (χ0v) is 6.15. The maximum atomic E-state index is 3.28. The summed E-state index contributed by atoms with van der Waals surface area (Å²) in [6.45, 7) is 6.36. The highest BCUT2D eigenvalue weighted by Crippen LogP contribution is 1.78. The van der Waals surface area contributed by atoms with E-state index in [2.05, 4.69) is 31.4 Å². The van der Waals surface area contributed by atoms with Crippen molar-refractivity contribution in [3.05, 3.63) is 0 Å². The Morgan fingerprint density at radius 3 is 1.75 bits per heavy atom. The molecule has 1 unspecified atom stereocenters. The van der Waals surface area contributed by atoms with Gasteiger partial charge >= 0.3 is 0 Å². The Morgan fingerprint density at radius 2 is 1.62 bits per heavy atom. The van der Waals surface area contributed by atoms with Crippen molar-refractivity contribution in [2.24, 2.45) is 0 Å². The van der Waals surface area contributed by atoms with Gasteiger partial charge in [-0.1, -0.05) is 0 Å². The molecule has 2 nitrogen and oxygen atoms in total. The molecule has 50 valence electrons. The van der Waals surface area contributed by atoms with E-state index in [0.29, 0.717) is 12.2 Å². The van der Waals surface area contributed by atoms with Crippen LogP contribution in [0.4, 0.5) is 0 Å². The molecule has 0 spiro atoms. The van der Waals surface area contributed by atoms with Crippen LogP contribution in [0.25, 0.3) is 0 Å². The molecule has 8 heavy (non-hydrogen) atoms. The highest BCUT2D eigenvalue weighted by Gasteiger charge is 1.96. The van der Waals surface area contributed by atoms with E-state index < -0.39 is 0 Å². The summed E-state index contributed by atoms with van der Waals surface area (Å²) in [4.78, 5) is 0. The van der Waals surface area contributed by atoms with E-state index in [1.807, 2.05) is 7.05 Å². The van der Waals surface area contributed by atoms with Gasteiger partial charge in [-0.05, 0) is 27.8 Å². The molecule has 0 saturated heterocycles. The van der Waals surface area contributed by atoms with Crippen LogP contribution >= 0.6 is 0 Å². The fourth-order valence-corrected chi connectivity index (χ4v) is 0.583. The van der Waals surface area contributed by atoms with Crippen LogP contribution < -0.4 is 10.6 Å². The first-order chi connectivity index (χ1) is 3.66. The topological polar surface area (TPSA) is 24.1 Å². The van der Waals surface area contributed by atoms with Crippen LogP contribution in [0.2, 0.25) is 0 Å². The minimum absolute atomic E-state index is 0.426. The van der Waals surface area contributed by atoms with Crippen LogP contribution in [-0.4, -0.2) is 19.3 Å². The molecular weight excluding hydrogens is 100 g/mol. The van der Waals surface area contributed by atoms with Gasteiger partial charge in [0.1, 0.15) is 0 Å². The minimum Gasteiger partial charge on any atom is -0.305 e. The Balaban J connectivity index is 3.10. The van der Waals surface area contributed by atoms with E-state index in [9.17, 15) is 0 Å². The van der Waals surface area contributed by atoms with E-state index in [0.717, 1.165) is 0 Å². The third-order valence-electron chi connectivity index (χ3n) is 1.02. The van der Waals surface area contributed by atoms with Gasteiger partial charge in [0.05, 0.1) is 6.17 Å². The van der Waals surface area contributed by atoms with E-state index in [1.54, 1.807) is 0 Å². The Bertz CT molecular complexity index is 52.5. The number of nitrogens with one attached hydrogen (secondary N) is 2. The van der Waals surface area contributed by atoms with Crippen LogP contribution in [0.15, 0.2) is 0 Å². The molecule has 0 aromatic heterocycles. The predicted octanol–water partition coefficient (Wildman–Crippen LogP) is 0.550. The van der Waals surface area contributed by atoms with Crippen LogP contribution in [-0.2, 0) is 0 Å². The van der Waals surface area contributed by atoms with Gasteiger partial charge in [0.15, 0.2) is 0 Å². The van der Waals surface area contributed by atoms with Gasteiger partial charge in [-0.3, -0.25) is 5.32 Å². The standard InChI is InChI=1S/C6H16N2/c1-5(2)8-6(3)7-4/h5-8H,1-4H3. The van der Waals surface area contributed by atoms with Crippen LogP contribution in [0.3, 0.4) is 0 Å². The van der Waals surface area contributed by atoms with Crippen molar-refractivity contribution in [2.45, 2.75) is 33.0 Å². The third-order valence-corrected chi connectivity index (χ3v) is 1.02. The quantitative estimate of drug-likeness (QED) is 0.526. The third kappa shape index (κ3) is 4.09. The first-order valence-corrected chi connectivity index (χ1v) is 3.10. The van der Waals surface area contributed by atoms with Crippen LogP contribution in [0.1, 0.15) is 20.8 Å². The zero-order valence-electron chi connectivity index (χ0n) is 6.15. The summed E-state index contributed by atoms with van der Waals surface area (Å²) >= 11 is 0. The summed E-state index contributed by atoms with van der Waals surface area (Å²) in [5.74, 6) is 0. The average Bonchev–Trinajstić information content (AvgIpc) is 1.65. The summed E-state index contributed by atoms with van der Waals surface area (Å²) < 4.78 is 0. The first kappa shape index (κ1) is 7.92. The van der Waals surface area contributed by atoms with Gasteiger partial charge in [-0.25, -0.2) is 0 Å². The van der Waals surface area contributed by atoms with Crippen molar-refractivity contribution in [1.29, 1.82) is 0 Å². The molecule has 2 N–H and O–H groups in total. The summed E-state index contributed by atoms with van der Waals surface area (Å²) in [7, 11) is 1.94. The fraction of sp³-hybridized carbons (Fsp3) is 1.00. The summed E-state index contributed by atoms with van der Waals surface area (Å²) in [5.41, 5.74) is 0. The summed E-state index contributed by atoms with van der Waals surface area (Å²) in [6, 6.07) is 0.567. The van der Waals surface area contributed by atoms with Gasteiger partial charge < -0.3 is 5.32 Å². The Kier molecular flexibility index (Phi) is 3.83. The molecule has 0 fully saturated rings. The lowest BCUT2D eigenvalue weighted by molar-refractivity contribution is 0.445. The summed E-state index contributed by atoms with van der Waals surface area (Å²) in [6.07, 6.45) is 0.426. The summed E-state index contributed by atoms with van der Waals surface area (Å²) in [5, 5.41) is 6.37. The van der Waals surface area contributed by atoms with E-state index in [1.165, 1.54) is 0 Å². The van der Waals surface area contributed by atoms with Crippen molar-refractivity contribution in [2.75, 3.05) is 7.05 Å². The molecular formula is C6H16N2. The van der Waals surface area contributed by atoms with Gasteiger partial charge in [0.25, 0.3) is 0 Å². The molecule has 0 amide bonds. The maximum absolute atomic E-state index is 3.28. The lowest BCUT2D eigenvalue weighted by atomic mass is 10.4. The van der Waals surface area contributed by atoms with Gasteiger partial charge in [-0.15, -0.1) is 0 Å². The lowest BCUT2D eigenvalue weighted by Crippen LogP contribution is -2.41. The van der Waals surface area contributed by atoms with Crippen molar-refractivity contribution >= 4 is 0 Å². The molecule has 0 aliphatic carbocycles. The Hall–Kier alpha value is -0.0800. The largest absolute Gasteiger partial charge is 0.305 e. The molecule has 1 atom stereocenters. The molecule has 0 saturated carbocycles. The number of hydrogen-bond acceptors (Lipinski definition) is 2. The van der Waals surface area contributed by atoms with Gasteiger partial charge in [0.2, 0.25) is 0 Å². The molecule has 0 aliphatic heterocycles. The Morgan fingerprint density at radius 1 is 1.12 bits per heavy atom. The zero-order chi connectivity index (χ0) is 6.57. The average molecular weight is 116 g/mol. The van der Waals surface area contributed by atoms with E-state index >= 15 is 0 Å². The minimum atomic E-state index is 0.426. The molecule has 0 aromatic carbocycles. The van der Waals surface area contributed by atoms with Gasteiger partial charge in [0, 0.05) is 6.04 Å². The second kappa shape index (κ2) is 3.87. The molecule has 0 heterocycles. The molecule has 0 aromatic rings. The fourth-order valence-electron chi connectivity index (χ4n) is 0.583. The van der Waals surface area contributed by atoms with Gasteiger partial charge in [-0.2, -0.15) is 0 Å². The number of rotatable bonds is 3. The lowest BCUT2D eigenvalue weighted by Gasteiger charge is -2.14. The second-order valence-corrected chi connectivity index (χ2v) is 2.33. The van der Waals surface area contributed by atoms with Crippen LogP contribution in [0.5, 0.6) is 0 Å². The normalized spacial score (nSPS) is 14.6. The molecule has 0 bridgehead atoms. The van der Waals surface area contributed by atoms with Crippen molar-refractivity contribution in [3.63, 3.8) is 0 Å². The predicted molar refractivity (Wildman–Crippen MR) is 36.8 cm³/mol. The number of hydrogen-bond donors (Lipinski definition) is 2. The molecule has 0 rings (SSSR count). The van der Waals surface area contributed by atoms with Crippen molar-refractivity contribution < 1.29 is 0 Å². The highest BCUT2D eigenvalue weighted by atomic mass is 15.1.